The van der Waals surface area contributed by atoms with Crippen LogP contribution in [0.3, 0.4) is 0 Å². The van der Waals surface area contributed by atoms with Gasteiger partial charge in [-0.1, -0.05) is 21.6 Å². The maximum atomic E-state index is 9.53. The predicted molar refractivity (Wildman–Crippen MR) is 49.6 cm³/mol. The van der Waals surface area contributed by atoms with Crippen molar-refractivity contribution in [3.05, 3.63) is 0 Å². The van der Waals surface area contributed by atoms with Gasteiger partial charge in [-0.25, -0.2) is 0 Å². The van der Waals surface area contributed by atoms with Gasteiger partial charge in [0.05, 0.1) is 0 Å². The van der Waals surface area contributed by atoms with Crippen LogP contribution in [-0.4, -0.2) is 50.2 Å². The van der Waals surface area contributed by atoms with Crippen LogP contribution in [0.2, 0.25) is 0 Å². The topological polar surface area (TPSA) is 66.6 Å². The molecule has 7 heteroatoms. The monoisotopic (exact) mass is 292 g/mol. The van der Waals surface area contributed by atoms with Crippen molar-refractivity contribution in [1.29, 1.82) is 0 Å². The van der Waals surface area contributed by atoms with Crippen molar-refractivity contribution in [3.8, 4) is 0 Å². The number of carbonyl (C=O) groups is 1. The van der Waals surface area contributed by atoms with E-state index in [0.29, 0.717) is 26.5 Å². The second kappa shape index (κ2) is 9.75. The van der Waals surface area contributed by atoms with Crippen LogP contribution in [0.4, 0.5) is 4.79 Å². The van der Waals surface area contributed by atoms with Crippen LogP contribution in [0.15, 0.2) is 0 Å². The van der Waals surface area contributed by atoms with Crippen LogP contribution >= 0.6 is 21.6 Å². The first-order valence-corrected chi connectivity index (χ1v) is 6.59. The van der Waals surface area contributed by atoms with Gasteiger partial charge in [0.15, 0.2) is 0 Å². The molecule has 0 bridgehead atoms. The van der Waals surface area contributed by atoms with Crippen molar-refractivity contribution < 1.29 is 9.90 Å². The van der Waals surface area contributed by atoms with E-state index in [1.54, 1.807) is 21.6 Å². The summed E-state index contributed by atoms with van der Waals surface area (Å²) in [5.41, 5.74) is 0. The predicted octanol–water partition coefficient (Wildman–Crippen LogP) is 0.0156. The number of carboxylic acid groups (broad SMARTS) is 1. The molecule has 4 nitrogen and oxygen atoms in total. The zero-order valence-corrected chi connectivity index (χ0v) is 10.7. The molecule has 0 aromatic heterocycles. The standard InChI is InChI=1S/C2H6S2.CH3N2O2.Sb.2H/c1-3-4-2;2-3-1(4)5;;;/h1-2H3;2H2,(H,4,5);;;/q;-1;+1;;. The summed E-state index contributed by atoms with van der Waals surface area (Å²) in [6.45, 7) is 0. The van der Waals surface area contributed by atoms with Crippen molar-refractivity contribution >= 4 is 51.0 Å². The molecule has 0 fully saturated rings. The van der Waals surface area contributed by atoms with E-state index in [-0.39, 0.29) is 0 Å². The summed E-state index contributed by atoms with van der Waals surface area (Å²) in [6, 6.07) is 0. The third-order valence-electron chi connectivity index (χ3n) is 0.388. The SMILES string of the molecule is CSSC.N[N]([SbH2])C(=O)O. The van der Waals surface area contributed by atoms with E-state index >= 15 is 0 Å². The Labute approximate surface area is 82.1 Å². The molecular formula is C3H11N2O2S2Sb. The number of rotatable bonds is 1. The fourth-order valence-corrected chi connectivity index (χ4v) is 0. The molecule has 1 amide bonds. The summed E-state index contributed by atoms with van der Waals surface area (Å²) in [7, 11) is 3.55. The van der Waals surface area contributed by atoms with Gasteiger partial charge in [0.1, 0.15) is 0 Å². The van der Waals surface area contributed by atoms with E-state index in [0.717, 1.165) is 0 Å². The van der Waals surface area contributed by atoms with E-state index in [1.807, 2.05) is 0 Å². The molecule has 0 aliphatic rings. The maximum absolute atomic E-state index is 9.53. The Morgan fingerprint density at radius 2 is 1.80 bits per heavy atom. The summed E-state index contributed by atoms with van der Waals surface area (Å²) in [6.07, 6.45) is 3.05. The number of hydrogen-bond donors (Lipinski definition) is 2. The summed E-state index contributed by atoms with van der Waals surface area (Å²) in [4.78, 5) is 9.53. The zero-order valence-electron chi connectivity index (χ0n) is 5.77. The zero-order chi connectivity index (χ0) is 8.57. The molecule has 0 aromatic carbocycles. The van der Waals surface area contributed by atoms with Crippen molar-refractivity contribution in [3.63, 3.8) is 0 Å². The molecule has 0 atom stereocenters. The van der Waals surface area contributed by atoms with Crippen LogP contribution in [0.25, 0.3) is 0 Å². The van der Waals surface area contributed by atoms with Gasteiger partial charge in [-0.05, 0) is 12.5 Å². The molecule has 0 radical (unpaired) electrons. The molecule has 3 N–H and O–H groups in total. The molecular weight excluding hydrogens is 282 g/mol. The van der Waals surface area contributed by atoms with E-state index in [1.165, 1.54) is 0 Å². The molecule has 10 heavy (non-hydrogen) atoms. The minimum absolute atomic E-state index is 0.422. The van der Waals surface area contributed by atoms with Crippen LogP contribution in [0, 0.1) is 0 Å². The Kier molecular flexibility index (Phi) is 13.0. The fourth-order valence-electron chi connectivity index (χ4n) is 0. The molecule has 0 heterocycles. The van der Waals surface area contributed by atoms with Crippen LogP contribution in [-0.2, 0) is 0 Å². The first-order valence-electron chi connectivity index (χ1n) is 2.15. The van der Waals surface area contributed by atoms with Crippen LogP contribution < -0.4 is 5.84 Å². The average Bonchev–Trinajstić information content (AvgIpc) is 1.89. The summed E-state index contributed by atoms with van der Waals surface area (Å²) in [5.74, 6) is 4.73. The Morgan fingerprint density at radius 1 is 1.60 bits per heavy atom. The number of nitrogens with two attached hydrogens (primary N) is 1. The number of hydrazine groups is 1. The van der Waals surface area contributed by atoms with E-state index in [9.17, 15) is 4.79 Å². The van der Waals surface area contributed by atoms with Crippen LogP contribution in [0.1, 0.15) is 0 Å². The van der Waals surface area contributed by atoms with Gasteiger partial charge in [0.2, 0.25) is 0 Å². The van der Waals surface area contributed by atoms with Crippen LogP contribution in [0.5, 0.6) is 0 Å². The number of amides is 1. The second-order valence-electron chi connectivity index (χ2n) is 1.02. The van der Waals surface area contributed by atoms with Gasteiger partial charge >= 0.3 is 48.3 Å². The van der Waals surface area contributed by atoms with Crippen molar-refractivity contribution in [2.75, 3.05) is 12.5 Å². The molecule has 0 aromatic rings. The van der Waals surface area contributed by atoms with Gasteiger partial charge in [-0.3, -0.25) is 0 Å². The van der Waals surface area contributed by atoms with E-state index in [2.05, 4.69) is 12.5 Å². The van der Waals surface area contributed by atoms with Crippen molar-refractivity contribution in [1.82, 2.24) is 3.17 Å². The summed E-state index contributed by atoms with van der Waals surface area (Å²) in [5, 5.41) is 7.82. The van der Waals surface area contributed by atoms with Gasteiger partial charge in [0.25, 0.3) is 0 Å². The molecule has 0 rings (SSSR count). The van der Waals surface area contributed by atoms with Gasteiger partial charge in [-0.15, -0.1) is 0 Å². The Bertz CT molecular complexity index is 90.6. The number of nitrogens with zero attached hydrogens (tertiary/aromatic N) is 1. The van der Waals surface area contributed by atoms with Crippen molar-refractivity contribution in [2.24, 2.45) is 5.84 Å². The Morgan fingerprint density at radius 3 is 1.80 bits per heavy atom. The molecule has 0 saturated carbocycles. The van der Waals surface area contributed by atoms with Crippen molar-refractivity contribution in [2.45, 2.75) is 0 Å². The average molecular weight is 293 g/mol. The van der Waals surface area contributed by atoms with E-state index in [4.69, 9.17) is 10.9 Å². The molecule has 62 valence electrons. The van der Waals surface area contributed by atoms with Gasteiger partial charge in [-0.2, -0.15) is 0 Å². The van der Waals surface area contributed by atoms with E-state index < -0.39 is 6.09 Å². The number of hydrogen-bond acceptors (Lipinski definition) is 4. The normalized spacial score (nSPS) is 7.60. The van der Waals surface area contributed by atoms with Gasteiger partial charge < -0.3 is 0 Å². The Balaban J connectivity index is 0. The third-order valence-corrected chi connectivity index (χ3v) is 2.35. The summed E-state index contributed by atoms with van der Waals surface area (Å²) < 4.78 is 0.713. The third kappa shape index (κ3) is 15.9. The fraction of sp³-hybridized carbons (Fsp3) is 0.667. The molecule has 0 unspecified atom stereocenters. The first-order chi connectivity index (χ1) is 4.56. The molecule has 0 saturated heterocycles. The Hall–Kier alpha value is 0.748. The molecule has 0 aliphatic heterocycles. The minimum atomic E-state index is -1.07. The molecule has 0 aliphatic carbocycles. The summed E-state index contributed by atoms with van der Waals surface area (Å²) >= 11 is 0.422. The quantitative estimate of drug-likeness (QED) is 0.234. The first kappa shape index (κ1) is 13.3. The second-order valence-corrected chi connectivity index (χ2v) is 5.28. The van der Waals surface area contributed by atoms with Gasteiger partial charge in [0, 0.05) is 0 Å². The molecule has 0 spiro atoms.